The van der Waals surface area contributed by atoms with Crippen LogP contribution in [0.3, 0.4) is 0 Å². The molecule has 1 saturated carbocycles. The molecule has 0 radical (unpaired) electrons. The molecule has 0 unspecified atom stereocenters. The van der Waals surface area contributed by atoms with E-state index in [0.29, 0.717) is 19.1 Å². The molecule has 0 aliphatic heterocycles. The summed E-state index contributed by atoms with van der Waals surface area (Å²) in [7, 11) is 1.88. The standard InChI is InChI=1S/C12H17N3O/c1-15(11-5-6-11)12(16)9-13-8-10-4-2-3-7-14-10/h2-4,7,11,13H,5-6,8-9H2,1H3. The van der Waals surface area contributed by atoms with Crippen molar-refractivity contribution in [3.63, 3.8) is 0 Å². The van der Waals surface area contributed by atoms with E-state index in [1.165, 1.54) is 0 Å². The Labute approximate surface area is 95.7 Å². The summed E-state index contributed by atoms with van der Waals surface area (Å²) in [5.41, 5.74) is 0.962. The topological polar surface area (TPSA) is 45.2 Å². The van der Waals surface area contributed by atoms with Gasteiger partial charge in [-0.05, 0) is 25.0 Å². The Morgan fingerprint density at radius 2 is 2.38 bits per heavy atom. The summed E-state index contributed by atoms with van der Waals surface area (Å²) < 4.78 is 0. The zero-order chi connectivity index (χ0) is 11.4. The number of carbonyl (C=O) groups excluding carboxylic acids is 1. The highest BCUT2D eigenvalue weighted by molar-refractivity contribution is 5.78. The Morgan fingerprint density at radius 1 is 1.56 bits per heavy atom. The number of hydrogen-bond acceptors (Lipinski definition) is 3. The van der Waals surface area contributed by atoms with Crippen LogP contribution in [0, 0.1) is 0 Å². The maximum absolute atomic E-state index is 11.7. The molecule has 0 bridgehead atoms. The van der Waals surface area contributed by atoms with Gasteiger partial charge in [-0.2, -0.15) is 0 Å². The van der Waals surface area contributed by atoms with Crippen molar-refractivity contribution in [2.24, 2.45) is 0 Å². The van der Waals surface area contributed by atoms with E-state index in [0.717, 1.165) is 18.5 Å². The molecule has 1 aliphatic rings. The van der Waals surface area contributed by atoms with Crippen molar-refractivity contribution >= 4 is 5.91 Å². The molecular weight excluding hydrogens is 202 g/mol. The van der Waals surface area contributed by atoms with Crippen molar-refractivity contribution in [1.82, 2.24) is 15.2 Å². The van der Waals surface area contributed by atoms with Gasteiger partial charge in [0.1, 0.15) is 0 Å². The molecule has 1 aliphatic carbocycles. The highest BCUT2D eigenvalue weighted by atomic mass is 16.2. The highest BCUT2D eigenvalue weighted by Crippen LogP contribution is 2.24. The lowest BCUT2D eigenvalue weighted by atomic mass is 10.3. The molecule has 1 aromatic heterocycles. The number of carbonyl (C=O) groups is 1. The van der Waals surface area contributed by atoms with Gasteiger partial charge in [-0.3, -0.25) is 9.78 Å². The average Bonchev–Trinajstić information content (AvgIpc) is 3.13. The van der Waals surface area contributed by atoms with E-state index < -0.39 is 0 Å². The van der Waals surface area contributed by atoms with E-state index in [1.807, 2.05) is 30.1 Å². The number of nitrogens with zero attached hydrogens (tertiary/aromatic N) is 2. The first kappa shape index (κ1) is 11.1. The van der Waals surface area contributed by atoms with Crippen molar-refractivity contribution in [2.45, 2.75) is 25.4 Å². The van der Waals surface area contributed by atoms with Crippen LogP contribution in [0.1, 0.15) is 18.5 Å². The van der Waals surface area contributed by atoms with Crippen LogP contribution in [-0.2, 0) is 11.3 Å². The fourth-order valence-electron chi connectivity index (χ4n) is 1.59. The normalized spacial score (nSPS) is 14.8. The number of pyridine rings is 1. The van der Waals surface area contributed by atoms with Crippen molar-refractivity contribution in [1.29, 1.82) is 0 Å². The van der Waals surface area contributed by atoms with Gasteiger partial charge in [0.2, 0.25) is 5.91 Å². The van der Waals surface area contributed by atoms with Gasteiger partial charge >= 0.3 is 0 Å². The molecule has 86 valence electrons. The molecule has 2 rings (SSSR count). The molecule has 0 aromatic carbocycles. The Kier molecular flexibility index (Phi) is 3.51. The van der Waals surface area contributed by atoms with Crippen LogP contribution in [0.5, 0.6) is 0 Å². The first-order valence-corrected chi connectivity index (χ1v) is 5.63. The summed E-state index contributed by atoms with van der Waals surface area (Å²) >= 11 is 0. The Morgan fingerprint density at radius 3 is 3.00 bits per heavy atom. The van der Waals surface area contributed by atoms with Crippen molar-refractivity contribution in [2.75, 3.05) is 13.6 Å². The van der Waals surface area contributed by atoms with Crippen LogP contribution < -0.4 is 5.32 Å². The molecule has 1 amide bonds. The van der Waals surface area contributed by atoms with Crippen molar-refractivity contribution in [3.05, 3.63) is 30.1 Å². The lowest BCUT2D eigenvalue weighted by Gasteiger charge is -2.16. The molecule has 4 nitrogen and oxygen atoms in total. The third-order valence-electron chi connectivity index (χ3n) is 2.80. The Hall–Kier alpha value is -1.42. The van der Waals surface area contributed by atoms with Crippen LogP contribution in [0.15, 0.2) is 24.4 Å². The molecule has 1 aromatic rings. The second kappa shape index (κ2) is 5.07. The quantitative estimate of drug-likeness (QED) is 0.796. The van der Waals surface area contributed by atoms with Gasteiger partial charge in [-0.25, -0.2) is 0 Å². The number of rotatable bonds is 5. The monoisotopic (exact) mass is 219 g/mol. The van der Waals surface area contributed by atoms with Gasteiger partial charge in [0.25, 0.3) is 0 Å². The van der Waals surface area contributed by atoms with E-state index in [9.17, 15) is 4.79 Å². The zero-order valence-electron chi connectivity index (χ0n) is 9.52. The summed E-state index contributed by atoms with van der Waals surface area (Å²) in [4.78, 5) is 17.7. The summed E-state index contributed by atoms with van der Waals surface area (Å²) in [5.74, 6) is 0.165. The van der Waals surface area contributed by atoms with Crippen molar-refractivity contribution in [3.8, 4) is 0 Å². The minimum Gasteiger partial charge on any atom is -0.342 e. The van der Waals surface area contributed by atoms with E-state index in [-0.39, 0.29) is 5.91 Å². The zero-order valence-corrected chi connectivity index (χ0v) is 9.52. The number of hydrogen-bond donors (Lipinski definition) is 1. The van der Waals surface area contributed by atoms with Gasteiger partial charge in [-0.1, -0.05) is 6.07 Å². The summed E-state index contributed by atoms with van der Waals surface area (Å²) in [6, 6.07) is 6.27. The predicted molar refractivity (Wildman–Crippen MR) is 61.7 cm³/mol. The number of amides is 1. The smallest absolute Gasteiger partial charge is 0.236 e. The van der Waals surface area contributed by atoms with Gasteiger partial charge in [0, 0.05) is 25.8 Å². The van der Waals surface area contributed by atoms with Crippen LogP contribution in [0.25, 0.3) is 0 Å². The third kappa shape index (κ3) is 3.03. The second-order valence-electron chi connectivity index (χ2n) is 4.16. The first-order chi connectivity index (χ1) is 7.77. The molecule has 16 heavy (non-hydrogen) atoms. The fourth-order valence-corrected chi connectivity index (χ4v) is 1.59. The average molecular weight is 219 g/mol. The molecule has 1 N–H and O–H groups in total. The predicted octanol–water partition coefficient (Wildman–Crippen LogP) is 0.792. The maximum Gasteiger partial charge on any atom is 0.236 e. The van der Waals surface area contributed by atoms with E-state index in [2.05, 4.69) is 10.3 Å². The minimum absolute atomic E-state index is 0.165. The number of likely N-dealkylation sites (N-methyl/N-ethyl adjacent to an activating group) is 1. The highest BCUT2D eigenvalue weighted by Gasteiger charge is 2.28. The molecule has 4 heteroatoms. The van der Waals surface area contributed by atoms with E-state index >= 15 is 0 Å². The lowest BCUT2D eigenvalue weighted by Crippen LogP contribution is -2.36. The number of aromatic nitrogens is 1. The van der Waals surface area contributed by atoms with Crippen LogP contribution in [0.4, 0.5) is 0 Å². The molecule has 1 heterocycles. The Bertz CT molecular complexity index is 349. The van der Waals surface area contributed by atoms with Crippen molar-refractivity contribution < 1.29 is 4.79 Å². The molecule has 0 saturated heterocycles. The summed E-state index contributed by atoms with van der Waals surface area (Å²) in [6.45, 7) is 1.04. The van der Waals surface area contributed by atoms with E-state index in [4.69, 9.17) is 0 Å². The van der Waals surface area contributed by atoms with Gasteiger partial charge < -0.3 is 10.2 Å². The van der Waals surface area contributed by atoms with E-state index in [1.54, 1.807) is 6.20 Å². The van der Waals surface area contributed by atoms with Gasteiger partial charge in [0.15, 0.2) is 0 Å². The Balaban J connectivity index is 1.69. The molecule has 1 fully saturated rings. The summed E-state index contributed by atoms with van der Waals surface area (Å²) in [6.07, 6.45) is 4.07. The summed E-state index contributed by atoms with van der Waals surface area (Å²) in [5, 5.41) is 3.11. The van der Waals surface area contributed by atoms with Gasteiger partial charge in [0.05, 0.1) is 12.2 Å². The van der Waals surface area contributed by atoms with Crippen LogP contribution in [-0.4, -0.2) is 35.4 Å². The maximum atomic E-state index is 11.7. The molecule has 0 atom stereocenters. The van der Waals surface area contributed by atoms with Gasteiger partial charge in [-0.15, -0.1) is 0 Å². The van der Waals surface area contributed by atoms with Crippen LogP contribution in [0.2, 0.25) is 0 Å². The minimum atomic E-state index is 0.165. The fraction of sp³-hybridized carbons (Fsp3) is 0.500. The van der Waals surface area contributed by atoms with Crippen LogP contribution >= 0.6 is 0 Å². The molecule has 0 spiro atoms. The third-order valence-corrected chi connectivity index (χ3v) is 2.80. The first-order valence-electron chi connectivity index (χ1n) is 5.63. The number of nitrogens with one attached hydrogen (secondary N) is 1. The lowest BCUT2D eigenvalue weighted by molar-refractivity contribution is -0.129. The SMILES string of the molecule is CN(C(=O)CNCc1ccccn1)C1CC1. The molecular formula is C12H17N3O. The second-order valence-corrected chi connectivity index (χ2v) is 4.16. The largest absolute Gasteiger partial charge is 0.342 e.